The van der Waals surface area contributed by atoms with Gasteiger partial charge in [-0.15, -0.1) is 24.0 Å². The van der Waals surface area contributed by atoms with Crippen LogP contribution in [0.25, 0.3) is 0 Å². The molecule has 0 radical (unpaired) electrons. The maximum absolute atomic E-state index is 11.7. The summed E-state index contributed by atoms with van der Waals surface area (Å²) in [5.41, 5.74) is 2.33. The Bertz CT molecular complexity index is 695. The van der Waals surface area contributed by atoms with E-state index in [4.69, 9.17) is 14.5 Å². The predicted octanol–water partition coefficient (Wildman–Crippen LogP) is 2.68. The average Bonchev–Trinajstić information content (AvgIpc) is 2.74. The van der Waals surface area contributed by atoms with E-state index < -0.39 is 0 Å². The number of nitrogens with one attached hydrogen (secondary N) is 2. The molecular formula is C22H35IN4O3. The van der Waals surface area contributed by atoms with E-state index in [1.165, 1.54) is 5.56 Å². The number of likely N-dealkylation sites (N-methyl/N-ethyl adjacent to an activating group) is 1. The van der Waals surface area contributed by atoms with Gasteiger partial charge in [0.15, 0.2) is 5.96 Å². The first-order valence-corrected chi connectivity index (χ1v) is 10.7. The van der Waals surface area contributed by atoms with Crippen LogP contribution in [0.4, 0.5) is 0 Å². The number of guanidine groups is 1. The molecule has 2 aliphatic heterocycles. The van der Waals surface area contributed by atoms with Gasteiger partial charge in [0.2, 0.25) is 5.91 Å². The van der Waals surface area contributed by atoms with Gasteiger partial charge in [0.05, 0.1) is 19.3 Å². The Hall–Kier alpha value is -1.39. The van der Waals surface area contributed by atoms with Crippen LogP contribution in [0.5, 0.6) is 0 Å². The smallest absolute Gasteiger partial charge is 0.222 e. The van der Waals surface area contributed by atoms with Crippen molar-refractivity contribution in [3.8, 4) is 0 Å². The van der Waals surface area contributed by atoms with E-state index in [2.05, 4.69) is 41.8 Å². The molecular weight excluding hydrogens is 495 g/mol. The molecule has 168 valence electrons. The van der Waals surface area contributed by atoms with Crippen molar-refractivity contribution in [3.05, 3.63) is 35.4 Å². The summed E-state index contributed by atoms with van der Waals surface area (Å²) < 4.78 is 11.4. The molecule has 3 rings (SSSR count). The minimum atomic E-state index is 0. The van der Waals surface area contributed by atoms with Crippen molar-refractivity contribution >= 4 is 35.8 Å². The molecule has 8 heteroatoms. The highest BCUT2D eigenvalue weighted by atomic mass is 127. The van der Waals surface area contributed by atoms with Gasteiger partial charge in [-0.05, 0) is 37.3 Å². The maximum Gasteiger partial charge on any atom is 0.222 e. The standard InChI is InChI=1S/C22H34N4O3.HI/c1-3-23-22(25-19-7-8-21(27)26(2)15-19)24-14-17-5-4-6-18(13-17)16-29-20-9-11-28-12-10-20;/h4-6,13,19-20H,3,7-12,14-16H2,1-2H3,(H2,23,24,25);1H. The van der Waals surface area contributed by atoms with Crippen molar-refractivity contribution in [2.45, 2.75) is 57.9 Å². The molecule has 2 aliphatic rings. The zero-order chi connectivity index (χ0) is 20.5. The molecule has 30 heavy (non-hydrogen) atoms. The van der Waals surface area contributed by atoms with Crippen LogP contribution in [-0.2, 0) is 27.4 Å². The van der Waals surface area contributed by atoms with Crippen molar-refractivity contribution in [1.82, 2.24) is 15.5 Å². The highest BCUT2D eigenvalue weighted by Crippen LogP contribution is 2.15. The summed E-state index contributed by atoms with van der Waals surface area (Å²) in [4.78, 5) is 18.2. The number of nitrogens with zero attached hydrogens (tertiary/aromatic N) is 2. The van der Waals surface area contributed by atoms with Crippen LogP contribution in [0.15, 0.2) is 29.3 Å². The molecule has 0 aromatic heterocycles. The number of halogens is 1. The van der Waals surface area contributed by atoms with Crippen LogP contribution >= 0.6 is 24.0 Å². The molecule has 1 aromatic rings. The van der Waals surface area contributed by atoms with E-state index in [-0.39, 0.29) is 35.9 Å². The van der Waals surface area contributed by atoms with Crippen LogP contribution in [0, 0.1) is 0 Å². The first-order valence-electron chi connectivity index (χ1n) is 10.7. The van der Waals surface area contributed by atoms with Crippen LogP contribution in [0.2, 0.25) is 0 Å². The summed E-state index contributed by atoms with van der Waals surface area (Å²) in [6.07, 6.45) is 3.68. The number of benzene rings is 1. The third-order valence-electron chi connectivity index (χ3n) is 5.38. The van der Waals surface area contributed by atoms with Gasteiger partial charge in [-0.25, -0.2) is 4.99 Å². The van der Waals surface area contributed by atoms with Crippen molar-refractivity contribution in [1.29, 1.82) is 0 Å². The summed E-state index contributed by atoms with van der Waals surface area (Å²) in [6, 6.07) is 8.66. The van der Waals surface area contributed by atoms with E-state index in [1.54, 1.807) is 4.90 Å². The number of carbonyl (C=O) groups excluding carboxylic acids is 1. The van der Waals surface area contributed by atoms with Gasteiger partial charge in [-0.1, -0.05) is 24.3 Å². The van der Waals surface area contributed by atoms with Gasteiger partial charge in [0.1, 0.15) is 0 Å². The zero-order valence-electron chi connectivity index (χ0n) is 18.1. The quantitative estimate of drug-likeness (QED) is 0.322. The summed E-state index contributed by atoms with van der Waals surface area (Å²) >= 11 is 0. The topological polar surface area (TPSA) is 75.2 Å². The molecule has 1 aromatic carbocycles. The fourth-order valence-electron chi connectivity index (χ4n) is 3.69. The Morgan fingerprint density at radius 3 is 2.77 bits per heavy atom. The number of aliphatic imine (C=N–C) groups is 1. The van der Waals surface area contributed by atoms with Gasteiger partial charge < -0.3 is 25.0 Å². The van der Waals surface area contributed by atoms with Crippen molar-refractivity contribution in [3.63, 3.8) is 0 Å². The summed E-state index contributed by atoms with van der Waals surface area (Å²) in [5, 5.41) is 6.78. The van der Waals surface area contributed by atoms with Gasteiger partial charge >= 0.3 is 0 Å². The lowest BCUT2D eigenvalue weighted by atomic mass is 10.1. The molecule has 2 saturated heterocycles. The lowest BCUT2D eigenvalue weighted by Gasteiger charge is -2.31. The lowest BCUT2D eigenvalue weighted by Crippen LogP contribution is -2.51. The van der Waals surface area contributed by atoms with E-state index in [1.807, 2.05) is 7.05 Å². The molecule has 2 N–H and O–H groups in total. The second kappa shape index (κ2) is 13.1. The number of carbonyl (C=O) groups is 1. The Labute approximate surface area is 197 Å². The largest absolute Gasteiger partial charge is 0.381 e. The van der Waals surface area contributed by atoms with E-state index in [0.29, 0.717) is 32.2 Å². The lowest BCUT2D eigenvalue weighted by molar-refractivity contribution is -0.132. The SMILES string of the molecule is CCNC(=NCc1cccc(COC2CCOCC2)c1)NC1CCC(=O)N(C)C1.I. The number of ether oxygens (including phenoxy) is 2. The first-order chi connectivity index (χ1) is 14.1. The van der Waals surface area contributed by atoms with Gasteiger partial charge in [0.25, 0.3) is 0 Å². The maximum atomic E-state index is 11.7. The average molecular weight is 530 g/mol. The number of likely N-dealkylation sites (tertiary alicyclic amines) is 1. The van der Waals surface area contributed by atoms with E-state index >= 15 is 0 Å². The number of hydrogen-bond donors (Lipinski definition) is 2. The normalized spacial score (nSPS) is 20.6. The minimum absolute atomic E-state index is 0. The molecule has 0 saturated carbocycles. The molecule has 0 bridgehead atoms. The van der Waals surface area contributed by atoms with Crippen LogP contribution in [0.1, 0.15) is 43.7 Å². The van der Waals surface area contributed by atoms with Crippen LogP contribution in [0.3, 0.4) is 0 Å². The molecule has 7 nitrogen and oxygen atoms in total. The van der Waals surface area contributed by atoms with Crippen LogP contribution in [-0.4, -0.2) is 62.3 Å². The van der Waals surface area contributed by atoms with Gasteiger partial charge in [0, 0.05) is 45.8 Å². The van der Waals surface area contributed by atoms with Gasteiger partial charge in [-0.2, -0.15) is 0 Å². The number of piperidine rings is 1. The second-order valence-corrected chi connectivity index (χ2v) is 7.79. The Balaban J connectivity index is 0.00000320. The summed E-state index contributed by atoms with van der Waals surface area (Å²) in [6.45, 7) is 6.39. The van der Waals surface area contributed by atoms with Crippen molar-refractivity contribution in [2.75, 3.05) is 33.4 Å². The summed E-state index contributed by atoms with van der Waals surface area (Å²) in [7, 11) is 1.86. The monoisotopic (exact) mass is 530 g/mol. The zero-order valence-corrected chi connectivity index (χ0v) is 20.4. The fourth-order valence-corrected chi connectivity index (χ4v) is 3.69. The highest BCUT2D eigenvalue weighted by molar-refractivity contribution is 14.0. The van der Waals surface area contributed by atoms with Crippen molar-refractivity contribution < 1.29 is 14.3 Å². The molecule has 2 heterocycles. The van der Waals surface area contributed by atoms with Gasteiger partial charge in [-0.3, -0.25) is 4.79 Å². The van der Waals surface area contributed by atoms with Crippen LogP contribution < -0.4 is 10.6 Å². The molecule has 0 spiro atoms. The summed E-state index contributed by atoms with van der Waals surface area (Å²) in [5.74, 6) is 1.01. The predicted molar refractivity (Wildman–Crippen MR) is 129 cm³/mol. The molecule has 0 aliphatic carbocycles. The highest BCUT2D eigenvalue weighted by Gasteiger charge is 2.23. The minimum Gasteiger partial charge on any atom is -0.381 e. The van der Waals surface area contributed by atoms with E-state index in [0.717, 1.165) is 50.5 Å². The third kappa shape index (κ3) is 8.03. The molecule has 1 amide bonds. The fraction of sp³-hybridized carbons (Fsp3) is 0.636. The Morgan fingerprint density at radius 2 is 2.03 bits per heavy atom. The Kier molecular flexibility index (Phi) is 10.9. The number of amides is 1. The van der Waals surface area contributed by atoms with E-state index in [9.17, 15) is 4.79 Å². The molecule has 1 atom stereocenters. The molecule has 1 unspecified atom stereocenters. The number of hydrogen-bond acceptors (Lipinski definition) is 4. The Morgan fingerprint density at radius 1 is 1.27 bits per heavy atom. The molecule has 2 fully saturated rings. The number of rotatable bonds is 7. The van der Waals surface area contributed by atoms with Crippen molar-refractivity contribution in [2.24, 2.45) is 4.99 Å². The third-order valence-corrected chi connectivity index (χ3v) is 5.38. The first kappa shape index (κ1) is 24.9. The second-order valence-electron chi connectivity index (χ2n) is 7.79.